The van der Waals surface area contributed by atoms with Gasteiger partial charge in [0, 0.05) is 24.3 Å². The minimum absolute atomic E-state index is 0.149. The summed E-state index contributed by atoms with van der Waals surface area (Å²) >= 11 is 0. The molecule has 1 aliphatic carbocycles. The molecule has 29 heavy (non-hydrogen) atoms. The molecule has 4 rings (SSSR count). The normalized spacial score (nSPS) is 13.2. The molecule has 0 bridgehead atoms. The lowest BCUT2D eigenvalue weighted by Crippen LogP contribution is -2.28. The maximum absolute atomic E-state index is 10.1. The van der Waals surface area contributed by atoms with Crippen LogP contribution in [0.15, 0.2) is 18.2 Å². The number of aryl methyl sites for hydroxylation is 2. The van der Waals surface area contributed by atoms with Gasteiger partial charge in [-0.1, -0.05) is 19.4 Å². The van der Waals surface area contributed by atoms with Gasteiger partial charge in [0.05, 0.1) is 17.9 Å². The Kier molecular flexibility index (Phi) is 5.46. The number of anilines is 1. The molecular weight excluding hydrogens is 364 g/mol. The minimum atomic E-state index is -0.149. The lowest BCUT2D eigenvalue weighted by Gasteiger charge is -2.26. The van der Waals surface area contributed by atoms with Gasteiger partial charge in [-0.3, -0.25) is 0 Å². The minimum Gasteiger partial charge on any atom is -0.508 e. The van der Waals surface area contributed by atoms with E-state index in [0.717, 1.165) is 79.0 Å². The third-order valence-electron chi connectivity index (χ3n) is 5.93. The zero-order valence-electron chi connectivity index (χ0n) is 17.6. The number of aromatic nitrogens is 3. The molecule has 0 atom stereocenters. The van der Waals surface area contributed by atoms with Crippen molar-refractivity contribution in [2.24, 2.45) is 0 Å². The van der Waals surface area contributed by atoms with Gasteiger partial charge in [-0.05, 0) is 62.8 Å². The zero-order chi connectivity index (χ0) is 20.5. The van der Waals surface area contributed by atoms with Gasteiger partial charge in [-0.25, -0.2) is 4.98 Å². The monoisotopic (exact) mass is 394 g/mol. The Hall–Kier alpha value is -2.60. The van der Waals surface area contributed by atoms with Gasteiger partial charge < -0.3 is 15.1 Å². The van der Waals surface area contributed by atoms with Crippen LogP contribution in [0.1, 0.15) is 55.6 Å². The Morgan fingerprint density at radius 1 is 1.21 bits per heavy atom. The Bertz CT molecular complexity index is 1040. The number of aliphatic hydroxyl groups excluding tert-OH is 1. The molecule has 0 aliphatic heterocycles. The highest BCUT2D eigenvalue weighted by molar-refractivity contribution is 5.84. The first-order valence-electron chi connectivity index (χ1n) is 10.7. The quantitative estimate of drug-likeness (QED) is 0.633. The van der Waals surface area contributed by atoms with Crippen molar-refractivity contribution < 1.29 is 10.2 Å². The summed E-state index contributed by atoms with van der Waals surface area (Å²) in [6.07, 6.45) is 5.40. The van der Waals surface area contributed by atoms with Crippen LogP contribution in [0.3, 0.4) is 0 Å². The van der Waals surface area contributed by atoms with Gasteiger partial charge >= 0.3 is 0 Å². The number of phenolic OH excluding ortho intramolecular Hbond substituents is 1. The highest BCUT2D eigenvalue weighted by atomic mass is 16.3. The number of hydrogen-bond acceptors (Lipinski definition) is 5. The van der Waals surface area contributed by atoms with E-state index in [4.69, 9.17) is 10.1 Å². The second-order valence-corrected chi connectivity index (χ2v) is 7.86. The van der Waals surface area contributed by atoms with Crippen LogP contribution >= 0.6 is 0 Å². The van der Waals surface area contributed by atoms with Crippen molar-refractivity contribution in [3.05, 3.63) is 40.7 Å². The summed E-state index contributed by atoms with van der Waals surface area (Å²) in [5.41, 5.74) is 6.65. The van der Waals surface area contributed by atoms with E-state index >= 15 is 0 Å². The van der Waals surface area contributed by atoms with E-state index in [1.807, 2.05) is 17.5 Å². The van der Waals surface area contributed by atoms with Gasteiger partial charge in [0.15, 0.2) is 5.65 Å². The van der Waals surface area contributed by atoms with Crippen molar-refractivity contribution in [2.45, 2.75) is 59.5 Å². The lowest BCUT2D eigenvalue weighted by molar-refractivity contribution is 0.277. The molecule has 1 aliphatic rings. The van der Waals surface area contributed by atoms with E-state index in [-0.39, 0.29) is 12.4 Å². The largest absolute Gasteiger partial charge is 0.508 e. The molecular formula is C23H30N4O2. The zero-order valence-corrected chi connectivity index (χ0v) is 17.6. The van der Waals surface area contributed by atoms with Crippen LogP contribution in [0, 0.1) is 6.92 Å². The molecule has 6 nitrogen and oxygen atoms in total. The Balaban J connectivity index is 2.01. The molecule has 0 radical (unpaired) electrons. The topological polar surface area (TPSA) is 73.9 Å². The molecule has 0 unspecified atom stereocenters. The van der Waals surface area contributed by atoms with Crippen molar-refractivity contribution in [3.8, 4) is 16.9 Å². The maximum Gasteiger partial charge on any atom is 0.165 e. The SMILES string of the molecule is CCCCN(CC)c1c2c(nc3c(-c4ccc(O)cc4C)c(CO)nn13)CCC2. The lowest BCUT2D eigenvalue weighted by atomic mass is 10.00. The summed E-state index contributed by atoms with van der Waals surface area (Å²) in [6.45, 7) is 8.11. The molecule has 2 N–H and O–H groups in total. The Morgan fingerprint density at radius 3 is 2.72 bits per heavy atom. The fourth-order valence-electron chi connectivity index (χ4n) is 4.45. The van der Waals surface area contributed by atoms with Gasteiger partial charge in [0.1, 0.15) is 11.6 Å². The fraction of sp³-hybridized carbons (Fsp3) is 0.478. The first-order chi connectivity index (χ1) is 14.1. The van der Waals surface area contributed by atoms with Gasteiger partial charge in [0.25, 0.3) is 0 Å². The van der Waals surface area contributed by atoms with Crippen LogP contribution in [-0.2, 0) is 19.4 Å². The van der Waals surface area contributed by atoms with Crippen LogP contribution in [0.4, 0.5) is 5.82 Å². The Morgan fingerprint density at radius 2 is 2.03 bits per heavy atom. The van der Waals surface area contributed by atoms with Crippen molar-refractivity contribution in [1.82, 2.24) is 14.6 Å². The van der Waals surface area contributed by atoms with E-state index in [1.54, 1.807) is 12.1 Å². The molecule has 3 aromatic rings. The smallest absolute Gasteiger partial charge is 0.165 e. The highest BCUT2D eigenvalue weighted by Crippen LogP contribution is 2.37. The van der Waals surface area contributed by atoms with Gasteiger partial charge in [0.2, 0.25) is 0 Å². The predicted octanol–water partition coefficient (Wildman–Crippen LogP) is 4.02. The van der Waals surface area contributed by atoms with Crippen LogP contribution in [-0.4, -0.2) is 37.9 Å². The van der Waals surface area contributed by atoms with Gasteiger partial charge in [-0.15, -0.1) is 0 Å². The molecule has 2 aromatic heterocycles. The summed E-state index contributed by atoms with van der Waals surface area (Å²) in [5, 5.41) is 24.8. The summed E-state index contributed by atoms with van der Waals surface area (Å²) in [6, 6.07) is 5.32. The van der Waals surface area contributed by atoms with E-state index in [9.17, 15) is 10.2 Å². The number of rotatable bonds is 7. The van der Waals surface area contributed by atoms with E-state index in [0.29, 0.717) is 5.69 Å². The highest BCUT2D eigenvalue weighted by Gasteiger charge is 2.27. The van der Waals surface area contributed by atoms with Crippen molar-refractivity contribution in [2.75, 3.05) is 18.0 Å². The van der Waals surface area contributed by atoms with Gasteiger partial charge in [-0.2, -0.15) is 9.61 Å². The molecule has 6 heteroatoms. The first kappa shape index (κ1) is 19.7. The second kappa shape index (κ2) is 8.03. The number of fused-ring (bicyclic) bond motifs is 2. The van der Waals surface area contributed by atoms with Crippen molar-refractivity contribution >= 4 is 11.5 Å². The molecule has 154 valence electrons. The number of aromatic hydroxyl groups is 1. The first-order valence-corrected chi connectivity index (χ1v) is 10.7. The van der Waals surface area contributed by atoms with Crippen LogP contribution < -0.4 is 4.90 Å². The third kappa shape index (κ3) is 3.35. The summed E-state index contributed by atoms with van der Waals surface area (Å²) in [7, 11) is 0. The van der Waals surface area contributed by atoms with E-state index in [2.05, 4.69) is 18.7 Å². The van der Waals surface area contributed by atoms with Crippen LogP contribution in [0.25, 0.3) is 16.8 Å². The van der Waals surface area contributed by atoms with E-state index in [1.165, 1.54) is 5.56 Å². The number of aliphatic hydroxyl groups is 1. The number of unbranched alkanes of at least 4 members (excludes halogenated alkanes) is 1. The molecule has 1 aromatic carbocycles. The third-order valence-corrected chi connectivity index (χ3v) is 5.93. The molecule has 0 amide bonds. The number of benzene rings is 1. The number of phenols is 1. The molecule has 0 saturated heterocycles. The molecule has 0 fully saturated rings. The maximum atomic E-state index is 10.1. The Labute approximate surface area is 171 Å². The van der Waals surface area contributed by atoms with Crippen molar-refractivity contribution in [3.63, 3.8) is 0 Å². The van der Waals surface area contributed by atoms with E-state index < -0.39 is 0 Å². The number of nitrogens with zero attached hydrogens (tertiary/aromatic N) is 4. The number of hydrogen-bond donors (Lipinski definition) is 2. The average molecular weight is 395 g/mol. The fourth-order valence-corrected chi connectivity index (χ4v) is 4.45. The summed E-state index contributed by atoms with van der Waals surface area (Å²) < 4.78 is 1.95. The summed E-state index contributed by atoms with van der Waals surface area (Å²) in [4.78, 5) is 7.43. The second-order valence-electron chi connectivity index (χ2n) is 7.86. The predicted molar refractivity (Wildman–Crippen MR) is 116 cm³/mol. The van der Waals surface area contributed by atoms with Crippen LogP contribution in [0.2, 0.25) is 0 Å². The summed E-state index contributed by atoms with van der Waals surface area (Å²) in [5.74, 6) is 1.37. The van der Waals surface area contributed by atoms with Crippen molar-refractivity contribution in [1.29, 1.82) is 0 Å². The molecule has 0 saturated carbocycles. The average Bonchev–Trinajstić information content (AvgIpc) is 3.32. The molecule has 2 heterocycles. The van der Waals surface area contributed by atoms with Crippen LogP contribution in [0.5, 0.6) is 5.75 Å². The molecule has 0 spiro atoms. The standard InChI is InChI=1S/C23H30N4O2/c1-4-6-12-26(5-2)23-18-8-7-9-19(18)24-22-21(20(14-28)25-27(22)23)17-11-10-16(29)13-15(17)3/h10-11,13,28-29H,4-9,12,14H2,1-3H3.